The van der Waals surface area contributed by atoms with E-state index >= 15 is 0 Å². The number of ether oxygens (including phenoxy) is 1. The van der Waals surface area contributed by atoms with Crippen molar-refractivity contribution in [2.24, 2.45) is 0 Å². The predicted octanol–water partition coefficient (Wildman–Crippen LogP) is 3.24. The second-order valence-corrected chi connectivity index (χ2v) is 5.73. The van der Waals surface area contributed by atoms with Crippen LogP contribution in [0.5, 0.6) is 5.75 Å². The van der Waals surface area contributed by atoms with E-state index in [1.165, 1.54) is 6.92 Å². The van der Waals surface area contributed by atoms with Gasteiger partial charge >= 0.3 is 12.2 Å². The molecule has 0 radical (unpaired) electrons. The average molecular weight is 344 g/mol. The minimum atomic E-state index is -4.43. The number of hydrogen-bond acceptors (Lipinski definition) is 3. The Hall–Kier alpha value is -2.25. The Labute approximate surface area is 137 Å². The van der Waals surface area contributed by atoms with E-state index in [-0.39, 0.29) is 11.8 Å². The zero-order chi connectivity index (χ0) is 17.7. The molecule has 1 aliphatic carbocycles. The van der Waals surface area contributed by atoms with Gasteiger partial charge in [-0.3, -0.25) is 10.1 Å². The summed E-state index contributed by atoms with van der Waals surface area (Å²) < 4.78 is 42.7. The lowest BCUT2D eigenvalue weighted by atomic mass is 10.2. The van der Waals surface area contributed by atoms with Crippen LogP contribution in [0, 0.1) is 0 Å². The third-order valence-electron chi connectivity index (χ3n) is 3.79. The van der Waals surface area contributed by atoms with E-state index in [4.69, 9.17) is 4.74 Å². The Bertz CT molecular complexity index is 581. The highest BCUT2D eigenvalue weighted by Crippen LogP contribution is 2.30. The first-order chi connectivity index (χ1) is 11.3. The van der Waals surface area contributed by atoms with Gasteiger partial charge in [-0.2, -0.15) is 13.2 Å². The van der Waals surface area contributed by atoms with Crippen molar-refractivity contribution in [3.63, 3.8) is 0 Å². The number of hydrogen-bond donors (Lipinski definition) is 2. The minimum Gasteiger partial charge on any atom is -0.481 e. The summed E-state index contributed by atoms with van der Waals surface area (Å²) in [6.45, 7) is 1.41. The molecule has 1 fully saturated rings. The molecule has 0 heterocycles. The zero-order valence-electron chi connectivity index (χ0n) is 13.2. The van der Waals surface area contributed by atoms with Crippen molar-refractivity contribution in [2.45, 2.75) is 50.9 Å². The molecule has 0 aliphatic heterocycles. The Morgan fingerprint density at radius 1 is 1.17 bits per heavy atom. The van der Waals surface area contributed by atoms with E-state index in [2.05, 4.69) is 10.6 Å². The molecule has 0 aromatic heterocycles. The second-order valence-electron chi connectivity index (χ2n) is 5.73. The molecule has 1 aliphatic rings. The van der Waals surface area contributed by atoms with Crippen LogP contribution in [-0.4, -0.2) is 24.1 Å². The van der Waals surface area contributed by atoms with Gasteiger partial charge in [0.25, 0.3) is 5.91 Å². The molecule has 0 spiro atoms. The van der Waals surface area contributed by atoms with E-state index in [1.54, 1.807) is 0 Å². The predicted molar refractivity (Wildman–Crippen MR) is 80.5 cm³/mol. The fourth-order valence-corrected chi connectivity index (χ4v) is 2.49. The molecule has 1 atom stereocenters. The maximum atomic E-state index is 12.5. The second kappa shape index (κ2) is 7.55. The van der Waals surface area contributed by atoms with E-state index in [1.807, 2.05) is 0 Å². The molecule has 1 aromatic rings. The summed E-state index contributed by atoms with van der Waals surface area (Å²) in [4.78, 5) is 23.6. The van der Waals surface area contributed by atoms with Gasteiger partial charge in [-0.25, -0.2) is 4.79 Å². The van der Waals surface area contributed by atoms with Crippen molar-refractivity contribution in [3.05, 3.63) is 29.8 Å². The standard InChI is InChI=1S/C16H19F3N2O3/c1-10(14(22)21-15(23)20-12-4-2-3-5-12)24-13-8-6-11(7-9-13)16(17,18)19/h6-10,12H,2-5H2,1H3,(H2,20,21,22,23)/t10-/m0/s1. The molecule has 2 rings (SSSR count). The molecule has 24 heavy (non-hydrogen) atoms. The molecule has 5 nitrogen and oxygen atoms in total. The maximum absolute atomic E-state index is 12.5. The number of amides is 3. The van der Waals surface area contributed by atoms with Crippen molar-refractivity contribution < 1.29 is 27.5 Å². The van der Waals surface area contributed by atoms with Crippen LogP contribution < -0.4 is 15.4 Å². The van der Waals surface area contributed by atoms with Crippen LogP contribution in [0.4, 0.5) is 18.0 Å². The van der Waals surface area contributed by atoms with Crippen LogP contribution in [-0.2, 0) is 11.0 Å². The molecule has 3 amide bonds. The van der Waals surface area contributed by atoms with Gasteiger partial charge < -0.3 is 10.1 Å². The summed E-state index contributed by atoms with van der Waals surface area (Å²) in [6, 6.07) is 3.48. The fourth-order valence-electron chi connectivity index (χ4n) is 2.49. The van der Waals surface area contributed by atoms with Gasteiger partial charge in [-0.05, 0) is 44.0 Å². The Morgan fingerprint density at radius 2 is 1.75 bits per heavy atom. The van der Waals surface area contributed by atoms with Gasteiger partial charge in [0.15, 0.2) is 6.10 Å². The fraction of sp³-hybridized carbons (Fsp3) is 0.500. The van der Waals surface area contributed by atoms with E-state index in [9.17, 15) is 22.8 Å². The summed E-state index contributed by atoms with van der Waals surface area (Å²) >= 11 is 0. The number of carbonyl (C=O) groups is 2. The van der Waals surface area contributed by atoms with Gasteiger partial charge in [0, 0.05) is 6.04 Å². The number of halogens is 3. The minimum absolute atomic E-state index is 0.0731. The summed E-state index contributed by atoms with van der Waals surface area (Å²) in [5.74, 6) is -0.549. The van der Waals surface area contributed by atoms with E-state index in [0.29, 0.717) is 0 Å². The third kappa shape index (κ3) is 5.14. The Balaban J connectivity index is 1.83. The molecule has 132 valence electrons. The van der Waals surface area contributed by atoms with Crippen LogP contribution in [0.3, 0.4) is 0 Å². The summed E-state index contributed by atoms with van der Waals surface area (Å²) in [5.41, 5.74) is -0.803. The van der Waals surface area contributed by atoms with E-state index < -0.39 is 29.8 Å². The lowest BCUT2D eigenvalue weighted by molar-refractivity contribution is -0.137. The number of nitrogens with one attached hydrogen (secondary N) is 2. The first-order valence-corrected chi connectivity index (χ1v) is 7.71. The van der Waals surface area contributed by atoms with Crippen molar-refractivity contribution in [2.75, 3.05) is 0 Å². The van der Waals surface area contributed by atoms with Crippen molar-refractivity contribution >= 4 is 11.9 Å². The largest absolute Gasteiger partial charge is 0.481 e. The van der Waals surface area contributed by atoms with Gasteiger partial charge in [0.1, 0.15) is 5.75 Å². The van der Waals surface area contributed by atoms with E-state index in [0.717, 1.165) is 49.9 Å². The number of benzene rings is 1. The topological polar surface area (TPSA) is 67.4 Å². The summed E-state index contributed by atoms with van der Waals surface area (Å²) in [5, 5.41) is 4.87. The normalized spacial score (nSPS) is 16.5. The molecule has 8 heteroatoms. The molecule has 0 bridgehead atoms. The Kier molecular flexibility index (Phi) is 5.69. The number of alkyl halides is 3. The highest BCUT2D eigenvalue weighted by molar-refractivity contribution is 5.96. The highest BCUT2D eigenvalue weighted by Gasteiger charge is 2.30. The van der Waals surface area contributed by atoms with Crippen LogP contribution in [0.25, 0.3) is 0 Å². The molecule has 1 saturated carbocycles. The first-order valence-electron chi connectivity index (χ1n) is 7.71. The van der Waals surface area contributed by atoms with Crippen LogP contribution in [0.15, 0.2) is 24.3 Å². The van der Waals surface area contributed by atoms with Crippen molar-refractivity contribution in [3.8, 4) is 5.75 Å². The number of rotatable bonds is 4. The lowest BCUT2D eigenvalue weighted by Gasteiger charge is -2.16. The van der Waals surface area contributed by atoms with Crippen LogP contribution >= 0.6 is 0 Å². The molecular weight excluding hydrogens is 325 g/mol. The van der Waals surface area contributed by atoms with Gasteiger partial charge in [0.05, 0.1) is 5.56 Å². The summed E-state index contributed by atoms with van der Waals surface area (Å²) in [6.07, 6.45) is -1.58. The molecule has 0 saturated heterocycles. The number of urea groups is 1. The van der Waals surface area contributed by atoms with Crippen molar-refractivity contribution in [1.82, 2.24) is 10.6 Å². The van der Waals surface area contributed by atoms with Gasteiger partial charge in [-0.15, -0.1) is 0 Å². The maximum Gasteiger partial charge on any atom is 0.416 e. The quantitative estimate of drug-likeness (QED) is 0.881. The van der Waals surface area contributed by atoms with Gasteiger partial charge in [0.2, 0.25) is 0 Å². The molecule has 1 aromatic carbocycles. The summed E-state index contributed by atoms with van der Waals surface area (Å²) in [7, 11) is 0. The smallest absolute Gasteiger partial charge is 0.416 e. The van der Waals surface area contributed by atoms with Crippen LogP contribution in [0.1, 0.15) is 38.2 Å². The van der Waals surface area contributed by atoms with Crippen molar-refractivity contribution in [1.29, 1.82) is 0 Å². The highest BCUT2D eigenvalue weighted by atomic mass is 19.4. The third-order valence-corrected chi connectivity index (χ3v) is 3.79. The zero-order valence-corrected chi connectivity index (χ0v) is 13.2. The van der Waals surface area contributed by atoms with Crippen LogP contribution in [0.2, 0.25) is 0 Å². The number of imide groups is 1. The SMILES string of the molecule is C[C@H](Oc1ccc(C(F)(F)F)cc1)C(=O)NC(=O)NC1CCCC1. The molecule has 0 unspecified atom stereocenters. The number of carbonyl (C=O) groups excluding carboxylic acids is 2. The first kappa shape index (κ1) is 18.1. The molecule has 2 N–H and O–H groups in total. The van der Waals surface area contributed by atoms with Gasteiger partial charge in [-0.1, -0.05) is 12.8 Å². The molecular formula is C16H19F3N2O3. The lowest BCUT2D eigenvalue weighted by Crippen LogP contribution is -2.47. The Morgan fingerprint density at radius 3 is 2.29 bits per heavy atom. The average Bonchev–Trinajstić information content (AvgIpc) is 2.99. The monoisotopic (exact) mass is 344 g/mol.